The van der Waals surface area contributed by atoms with E-state index < -0.39 is 22.6 Å². The first-order chi connectivity index (χ1) is 13.7. The number of nitrogens with zero attached hydrogens (tertiary/aromatic N) is 3. The molecule has 0 saturated carbocycles. The highest BCUT2D eigenvalue weighted by molar-refractivity contribution is 6.00. The number of rotatable bonds is 4. The topological polar surface area (TPSA) is 78.7 Å². The second-order valence-electron chi connectivity index (χ2n) is 6.56. The third kappa shape index (κ3) is 4.41. The van der Waals surface area contributed by atoms with E-state index >= 15 is 0 Å². The number of hydrogen-bond acceptors (Lipinski definition) is 5. The minimum Gasteiger partial charge on any atom is -0.368 e. The predicted molar refractivity (Wildman–Crippen MR) is 102 cm³/mol. The first kappa shape index (κ1) is 20.4. The standard InChI is InChI=1S/C19H19F3N4O3/c1-23-18(27)16-12-15(26(28)29)5-6-17(16)25-9-7-24(8-10-25)14-4-2-3-13(11-14)19(20,21)22/h2-6,11-12H,7-10H2,1H3,(H,23,27). The van der Waals surface area contributed by atoms with Crippen molar-refractivity contribution in [2.75, 3.05) is 43.0 Å². The van der Waals surface area contributed by atoms with Crippen LogP contribution in [0.4, 0.5) is 30.2 Å². The molecule has 0 radical (unpaired) electrons. The van der Waals surface area contributed by atoms with E-state index in [4.69, 9.17) is 0 Å². The number of nitrogens with one attached hydrogen (secondary N) is 1. The molecule has 0 unspecified atom stereocenters. The van der Waals surface area contributed by atoms with Gasteiger partial charge < -0.3 is 15.1 Å². The molecule has 1 saturated heterocycles. The molecule has 1 aliphatic heterocycles. The summed E-state index contributed by atoms with van der Waals surface area (Å²) in [6.07, 6.45) is -4.40. The Hall–Kier alpha value is -3.30. The summed E-state index contributed by atoms with van der Waals surface area (Å²) in [6, 6.07) is 9.26. The number of carbonyl (C=O) groups excluding carboxylic acids is 1. The maximum absolute atomic E-state index is 12.9. The van der Waals surface area contributed by atoms with Gasteiger partial charge in [0, 0.05) is 51.0 Å². The van der Waals surface area contributed by atoms with E-state index in [0.29, 0.717) is 37.6 Å². The highest BCUT2D eigenvalue weighted by atomic mass is 19.4. The lowest BCUT2D eigenvalue weighted by atomic mass is 10.1. The number of hydrogen-bond donors (Lipinski definition) is 1. The van der Waals surface area contributed by atoms with Crippen LogP contribution in [0.2, 0.25) is 0 Å². The van der Waals surface area contributed by atoms with Crippen LogP contribution in [0, 0.1) is 10.1 Å². The number of anilines is 2. The molecular formula is C19H19F3N4O3. The quantitative estimate of drug-likeness (QED) is 0.620. The van der Waals surface area contributed by atoms with Gasteiger partial charge in [-0.05, 0) is 24.3 Å². The molecule has 154 valence electrons. The van der Waals surface area contributed by atoms with Gasteiger partial charge in [-0.25, -0.2) is 0 Å². The largest absolute Gasteiger partial charge is 0.416 e. The van der Waals surface area contributed by atoms with Crippen molar-refractivity contribution >= 4 is 23.0 Å². The van der Waals surface area contributed by atoms with E-state index in [1.807, 2.05) is 9.80 Å². The fraction of sp³-hybridized carbons (Fsp3) is 0.316. The van der Waals surface area contributed by atoms with E-state index in [0.717, 1.165) is 12.1 Å². The van der Waals surface area contributed by atoms with E-state index in [1.54, 1.807) is 6.07 Å². The van der Waals surface area contributed by atoms with E-state index in [-0.39, 0.29) is 11.3 Å². The van der Waals surface area contributed by atoms with Crippen molar-refractivity contribution in [3.05, 3.63) is 63.7 Å². The molecular weight excluding hydrogens is 389 g/mol. The zero-order valence-corrected chi connectivity index (χ0v) is 15.6. The number of carbonyl (C=O) groups is 1. The Kier molecular flexibility index (Phi) is 5.62. The number of amides is 1. The predicted octanol–water partition coefficient (Wildman–Crippen LogP) is 3.30. The van der Waals surface area contributed by atoms with E-state index in [9.17, 15) is 28.1 Å². The van der Waals surface area contributed by atoms with Gasteiger partial charge in [-0.1, -0.05) is 6.07 Å². The molecule has 0 aromatic heterocycles. The Labute approximate surface area is 164 Å². The summed E-state index contributed by atoms with van der Waals surface area (Å²) in [5.74, 6) is -0.441. The number of nitro groups is 1. The van der Waals surface area contributed by atoms with Gasteiger partial charge in [0.05, 0.1) is 21.7 Å². The molecule has 1 N–H and O–H groups in total. The fourth-order valence-electron chi connectivity index (χ4n) is 3.31. The Balaban J connectivity index is 1.79. The first-order valence-corrected chi connectivity index (χ1v) is 8.88. The van der Waals surface area contributed by atoms with Crippen LogP contribution in [-0.2, 0) is 6.18 Å². The van der Waals surface area contributed by atoms with Crippen LogP contribution in [0.3, 0.4) is 0 Å². The van der Waals surface area contributed by atoms with Crippen LogP contribution in [0.25, 0.3) is 0 Å². The molecule has 3 rings (SSSR count). The van der Waals surface area contributed by atoms with Crippen molar-refractivity contribution in [1.82, 2.24) is 5.32 Å². The summed E-state index contributed by atoms with van der Waals surface area (Å²) in [4.78, 5) is 26.4. The molecule has 0 spiro atoms. The summed E-state index contributed by atoms with van der Waals surface area (Å²) in [6.45, 7) is 1.81. The Morgan fingerprint density at radius 2 is 1.72 bits per heavy atom. The van der Waals surface area contributed by atoms with Crippen molar-refractivity contribution in [3.8, 4) is 0 Å². The number of non-ortho nitro benzene ring substituents is 1. The van der Waals surface area contributed by atoms with Crippen molar-refractivity contribution in [1.29, 1.82) is 0 Å². The maximum atomic E-state index is 12.9. The minimum atomic E-state index is -4.40. The summed E-state index contributed by atoms with van der Waals surface area (Å²) in [5, 5.41) is 13.5. The van der Waals surface area contributed by atoms with Crippen LogP contribution in [0.1, 0.15) is 15.9 Å². The Morgan fingerprint density at radius 1 is 1.07 bits per heavy atom. The molecule has 0 bridgehead atoms. The number of benzene rings is 2. The molecule has 2 aromatic carbocycles. The van der Waals surface area contributed by atoms with Gasteiger partial charge in [0.15, 0.2) is 0 Å². The van der Waals surface area contributed by atoms with E-state index in [2.05, 4.69) is 5.32 Å². The van der Waals surface area contributed by atoms with Crippen molar-refractivity contribution < 1.29 is 22.9 Å². The zero-order chi connectivity index (χ0) is 21.2. The first-order valence-electron chi connectivity index (χ1n) is 8.88. The van der Waals surface area contributed by atoms with Crippen molar-refractivity contribution in [2.45, 2.75) is 6.18 Å². The zero-order valence-electron chi connectivity index (χ0n) is 15.6. The average Bonchev–Trinajstić information content (AvgIpc) is 2.72. The highest BCUT2D eigenvalue weighted by Crippen LogP contribution is 2.32. The van der Waals surface area contributed by atoms with Gasteiger partial charge in [0.1, 0.15) is 0 Å². The maximum Gasteiger partial charge on any atom is 0.416 e. The highest BCUT2D eigenvalue weighted by Gasteiger charge is 2.31. The summed E-state index contributed by atoms with van der Waals surface area (Å²) in [7, 11) is 1.44. The molecule has 1 heterocycles. The smallest absolute Gasteiger partial charge is 0.368 e. The average molecular weight is 408 g/mol. The lowest BCUT2D eigenvalue weighted by Gasteiger charge is -2.38. The van der Waals surface area contributed by atoms with Gasteiger partial charge in [-0.15, -0.1) is 0 Å². The third-order valence-corrected chi connectivity index (χ3v) is 4.82. The van der Waals surface area contributed by atoms with Gasteiger partial charge in [0.25, 0.3) is 11.6 Å². The van der Waals surface area contributed by atoms with Crippen molar-refractivity contribution in [3.63, 3.8) is 0 Å². The molecule has 1 amide bonds. The van der Waals surface area contributed by atoms with Crippen LogP contribution >= 0.6 is 0 Å². The summed E-state index contributed by atoms with van der Waals surface area (Å²) < 4.78 is 38.8. The van der Waals surface area contributed by atoms with Crippen LogP contribution in [-0.4, -0.2) is 44.1 Å². The van der Waals surface area contributed by atoms with Gasteiger partial charge in [0.2, 0.25) is 0 Å². The molecule has 0 aliphatic carbocycles. The molecule has 29 heavy (non-hydrogen) atoms. The van der Waals surface area contributed by atoms with Gasteiger partial charge in [-0.2, -0.15) is 13.2 Å². The number of halogens is 3. The third-order valence-electron chi connectivity index (χ3n) is 4.82. The summed E-state index contributed by atoms with van der Waals surface area (Å²) >= 11 is 0. The lowest BCUT2D eigenvalue weighted by Crippen LogP contribution is -2.47. The molecule has 2 aromatic rings. The SMILES string of the molecule is CNC(=O)c1cc([N+](=O)[O-])ccc1N1CCN(c2cccc(C(F)(F)F)c2)CC1. The monoisotopic (exact) mass is 408 g/mol. The number of piperazine rings is 1. The van der Waals surface area contributed by atoms with Gasteiger partial charge >= 0.3 is 6.18 Å². The molecule has 7 nitrogen and oxygen atoms in total. The van der Waals surface area contributed by atoms with Crippen LogP contribution < -0.4 is 15.1 Å². The molecule has 10 heteroatoms. The minimum absolute atomic E-state index is 0.185. The summed E-state index contributed by atoms with van der Waals surface area (Å²) in [5.41, 5.74) is 0.340. The molecule has 1 fully saturated rings. The lowest BCUT2D eigenvalue weighted by molar-refractivity contribution is -0.384. The second-order valence-corrected chi connectivity index (χ2v) is 6.56. The second kappa shape index (κ2) is 7.98. The van der Waals surface area contributed by atoms with Crippen LogP contribution in [0.5, 0.6) is 0 Å². The fourth-order valence-corrected chi connectivity index (χ4v) is 3.31. The normalized spacial score (nSPS) is 14.6. The molecule has 1 aliphatic rings. The van der Waals surface area contributed by atoms with Crippen molar-refractivity contribution in [2.24, 2.45) is 0 Å². The number of alkyl halides is 3. The van der Waals surface area contributed by atoms with Crippen LogP contribution in [0.15, 0.2) is 42.5 Å². The van der Waals surface area contributed by atoms with Gasteiger partial charge in [-0.3, -0.25) is 14.9 Å². The Bertz CT molecular complexity index is 925. The number of nitro benzene ring substituents is 1. The molecule has 0 atom stereocenters. The van der Waals surface area contributed by atoms with E-state index in [1.165, 1.54) is 31.3 Å². The Morgan fingerprint density at radius 3 is 2.31 bits per heavy atom.